The average molecular weight is 494 g/mol. The number of benzene rings is 2. The summed E-state index contributed by atoms with van der Waals surface area (Å²) in [6, 6.07) is 4.42. The Kier molecular flexibility index (Phi) is 5.94. The number of phenols is 2. The lowest BCUT2D eigenvalue weighted by Crippen LogP contribution is -2.41. The predicted molar refractivity (Wildman–Crippen MR) is 128 cm³/mol. The molecule has 0 bridgehead atoms. The molecule has 5 rings (SSSR count). The first-order valence-electron chi connectivity index (χ1n) is 11.8. The Labute approximate surface area is 207 Å². The quantitative estimate of drug-likeness (QED) is 0.467. The van der Waals surface area contributed by atoms with Gasteiger partial charge in [-0.15, -0.1) is 0 Å². The average Bonchev–Trinajstić information content (AvgIpc) is 2.83. The van der Waals surface area contributed by atoms with Crippen molar-refractivity contribution in [2.24, 2.45) is 5.73 Å². The number of ketones is 3. The second-order valence-electron chi connectivity index (χ2n) is 9.48. The molecule has 188 valence electrons. The molecule has 0 aromatic heterocycles. The summed E-state index contributed by atoms with van der Waals surface area (Å²) in [5, 5.41) is 22.7. The summed E-state index contributed by atoms with van der Waals surface area (Å²) in [5.41, 5.74) is 6.08. The molecule has 9 heteroatoms. The van der Waals surface area contributed by atoms with Gasteiger partial charge < -0.3 is 30.2 Å². The number of hydrogen-bond donors (Lipinski definition) is 3. The number of carbonyl (C=O) groups is 3. The van der Waals surface area contributed by atoms with Gasteiger partial charge in [0.05, 0.1) is 36.0 Å². The van der Waals surface area contributed by atoms with Crippen molar-refractivity contribution in [2.45, 2.75) is 57.6 Å². The number of methoxy groups -OCH3 is 1. The molecule has 1 fully saturated rings. The molecule has 0 amide bonds. The molecule has 2 aromatic rings. The minimum absolute atomic E-state index is 0.0100. The highest BCUT2D eigenvalue weighted by Crippen LogP contribution is 2.51. The third kappa shape index (κ3) is 3.71. The Morgan fingerprint density at radius 3 is 2.47 bits per heavy atom. The molecule has 0 radical (unpaired) electrons. The van der Waals surface area contributed by atoms with E-state index in [9.17, 15) is 24.6 Å². The van der Waals surface area contributed by atoms with E-state index in [2.05, 4.69) is 0 Å². The number of Topliss-reactive ketones (excluding diaryl/α,β-unsaturated/α-hetero) is 1. The van der Waals surface area contributed by atoms with E-state index in [1.165, 1.54) is 26.2 Å². The van der Waals surface area contributed by atoms with Gasteiger partial charge in [-0.25, -0.2) is 0 Å². The number of nitrogens with two attached hydrogens (primary N) is 1. The number of fused-ring (bicyclic) bond motifs is 3. The van der Waals surface area contributed by atoms with E-state index >= 15 is 0 Å². The Balaban J connectivity index is 1.70. The van der Waals surface area contributed by atoms with E-state index in [4.69, 9.17) is 19.9 Å². The minimum Gasteiger partial charge on any atom is -0.507 e. The molecule has 4 N–H and O–H groups in total. The Morgan fingerprint density at radius 1 is 1.08 bits per heavy atom. The predicted octanol–water partition coefficient (Wildman–Crippen LogP) is 3.17. The van der Waals surface area contributed by atoms with Crippen molar-refractivity contribution in [3.63, 3.8) is 0 Å². The molecule has 3 aliphatic rings. The van der Waals surface area contributed by atoms with Crippen molar-refractivity contribution >= 4 is 23.4 Å². The zero-order valence-corrected chi connectivity index (χ0v) is 20.2. The molecule has 1 saturated heterocycles. The maximum Gasteiger partial charge on any atom is 0.202 e. The summed E-state index contributed by atoms with van der Waals surface area (Å²) in [4.78, 5) is 39.4. The topological polar surface area (TPSA) is 145 Å². The van der Waals surface area contributed by atoms with Crippen LogP contribution in [0.4, 0.5) is 0 Å². The third-order valence-corrected chi connectivity index (χ3v) is 7.02. The van der Waals surface area contributed by atoms with Crippen LogP contribution in [0.1, 0.15) is 82.2 Å². The molecule has 9 nitrogen and oxygen atoms in total. The lowest BCUT2D eigenvalue weighted by atomic mass is 9.77. The van der Waals surface area contributed by atoms with Gasteiger partial charge in [0, 0.05) is 35.6 Å². The van der Waals surface area contributed by atoms with Crippen molar-refractivity contribution in [1.82, 2.24) is 0 Å². The van der Waals surface area contributed by atoms with Crippen LogP contribution in [0.15, 0.2) is 23.8 Å². The van der Waals surface area contributed by atoms with E-state index in [1.807, 2.05) is 6.92 Å². The van der Waals surface area contributed by atoms with Crippen LogP contribution in [0.5, 0.6) is 17.2 Å². The van der Waals surface area contributed by atoms with Crippen LogP contribution < -0.4 is 10.5 Å². The standard InChI is InChI=1S/C27H27NO8/c1-11-7-14(28)10-19(35-11)36-18-9-13(12(2)29)8-16-21(18)27(33)23-22(25(16)31)24(30)15-5-4-6-17(34-3)20(15)26(23)32/h4-6,8,11,14,18-19,31,33H,7,9-10,28H2,1-3H3/t11?,14?,18-,19?/m0/s1. The number of ether oxygens (including phenoxy) is 3. The largest absolute Gasteiger partial charge is 0.507 e. The lowest BCUT2D eigenvalue weighted by Gasteiger charge is -2.36. The smallest absolute Gasteiger partial charge is 0.202 e. The molecular weight excluding hydrogens is 466 g/mol. The second-order valence-corrected chi connectivity index (χ2v) is 9.48. The monoisotopic (exact) mass is 493 g/mol. The summed E-state index contributed by atoms with van der Waals surface area (Å²) >= 11 is 0. The van der Waals surface area contributed by atoms with Gasteiger partial charge in [-0.05, 0) is 38.0 Å². The minimum atomic E-state index is -0.926. The van der Waals surface area contributed by atoms with E-state index in [0.717, 1.165) is 0 Å². The Bertz CT molecular complexity index is 1330. The van der Waals surface area contributed by atoms with Gasteiger partial charge in [0.1, 0.15) is 17.2 Å². The fourth-order valence-electron chi connectivity index (χ4n) is 5.37. The van der Waals surface area contributed by atoms with Gasteiger partial charge in [0.25, 0.3) is 0 Å². The molecule has 1 aliphatic heterocycles. The van der Waals surface area contributed by atoms with Crippen LogP contribution in [0.3, 0.4) is 0 Å². The van der Waals surface area contributed by atoms with Crippen molar-refractivity contribution in [3.05, 3.63) is 57.2 Å². The van der Waals surface area contributed by atoms with Crippen molar-refractivity contribution in [3.8, 4) is 17.2 Å². The molecule has 3 unspecified atom stereocenters. The summed E-state index contributed by atoms with van der Waals surface area (Å²) in [6.45, 7) is 3.26. The van der Waals surface area contributed by atoms with Gasteiger partial charge in [0.15, 0.2) is 17.9 Å². The van der Waals surface area contributed by atoms with Gasteiger partial charge in [-0.3, -0.25) is 14.4 Å². The SMILES string of the molecule is COc1cccc2c1C(=O)c1c(O)c3c(c(O)c1C2=O)C=C(C(C)=O)C[C@@H]3OC1CC(N)CC(C)O1. The lowest BCUT2D eigenvalue weighted by molar-refractivity contribution is -0.216. The van der Waals surface area contributed by atoms with Gasteiger partial charge >= 0.3 is 0 Å². The molecule has 36 heavy (non-hydrogen) atoms. The highest BCUT2D eigenvalue weighted by Gasteiger charge is 2.42. The van der Waals surface area contributed by atoms with Crippen LogP contribution in [0.2, 0.25) is 0 Å². The van der Waals surface area contributed by atoms with Crippen LogP contribution >= 0.6 is 0 Å². The maximum absolute atomic E-state index is 13.6. The first-order chi connectivity index (χ1) is 17.1. The number of aromatic hydroxyl groups is 2. The number of hydrogen-bond acceptors (Lipinski definition) is 9. The highest BCUT2D eigenvalue weighted by atomic mass is 16.7. The molecule has 4 atom stereocenters. The van der Waals surface area contributed by atoms with Crippen molar-refractivity contribution < 1.29 is 38.8 Å². The van der Waals surface area contributed by atoms with E-state index in [1.54, 1.807) is 12.1 Å². The number of rotatable bonds is 4. The molecule has 0 saturated carbocycles. The van der Waals surface area contributed by atoms with Gasteiger partial charge in [0.2, 0.25) is 5.78 Å². The summed E-state index contributed by atoms with van der Waals surface area (Å²) < 4.78 is 17.4. The zero-order valence-electron chi connectivity index (χ0n) is 20.2. The molecule has 1 heterocycles. The van der Waals surface area contributed by atoms with Crippen LogP contribution in [0, 0.1) is 0 Å². The normalized spacial score (nSPS) is 24.9. The van der Waals surface area contributed by atoms with E-state index < -0.39 is 35.5 Å². The van der Waals surface area contributed by atoms with Crippen molar-refractivity contribution in [2.75, 3.05) is 7.11 Å². The van der Waals surface area contributed by atoms with E-state index in [-0.39, 0.29) is 63.5 Å². The fourth-order valence-corrected chi connectivity index (χ4v) is 5.37. The van der Waals surface area contributed by atoms with Crippen LogP contribution in [0.25, 0.3) is 6.08 Å². The molecule has 2 aliphatic carbocycles. The first-order valence-corrected chi connectivity index (χ1v) is 11.8. The van der Waals surface area contributed by atoms with Crippen molar-refractivity contribution in [1.29, 1.82) is 0 Å². The molecule has 0 spiro atoms. The summed E-state index contributed by atoms with van der Waals surface area (Å²) in [7, 11) is 1.38. The van der Waals surface area contributed by atoms with Gasteiger partial charge in [-0.1, -0.05) is 12.1 Å². The Hall–Kier alpha value is -3.53. The number of carbonyl (C=O) groups excluding carboxylic acids is 3. The van der Waals surface area contributed by atoms with Crippen LogP contribution in [-0.4, -0.2) is 53.1 Å². The van der Waals surface area contributed by atoms with E-state index in [0.29, 0.717) is 18.4 Å². The zero-order chi connectivity index (χ0) is 25.9. The summed E-state index contributed by atoms with van der Waals surface area (Å²) in [6.07, 6.45) is 0.777. The van der Waals surface area contributed by atoms with Crippen LogP contribution in [-0.2, 0) is 14.3 Å². The fraction of sp³-hybridized carbons (Fsp3) is 0.370. The van der Waals surface area contributed by atoms with Gasteiger partial charge in [-0.2, -0.15) is 0 Å². The maximum atomic E-state index is 13.6. The molecular formula is C27H27NO8. The Morgan fingerprint density at radius 2 is 1.81 bits per heavy atom. The summed E-state index contributed by atoms with van der Waals surface area (Å²) in [5.74, 6) is -2.34. The number of phenolic OH excluding ortho intramolecular Hbond substituents is 2. The highest BCUT2D eigenvalue weighted by molar-refractivity contribution is 6.31. The molecule has 2 aromatic carbocycles. The third-order valence-electron chi connectivity index (χ3n) is 7.02. The first kappa shape index (κ1) is 24.2. The second kappa shape index (κ2) is 8.85.